The van der Waals surface area contributed by atoms with Crippen molar-refractivity contribution < 1.29 is 19.4 Å². The molecule has 2 aromatic rings. The molecule has 1 aliphatic rings. The topological polar surface area (TPSA) is 66.8 Å². The van der Waals surface area contributed by atoms with E-state index in [1.54, 1.807) is 54.6 Å². The summed E-state index contributed by atoms with van der Waals surface area (Å²) >= 11 is 12.5. The third kappa shape index (κ3) is 4.07. The maximum absolute atomic E-state index is 12.8. The number of halogens is 1. The van der Waals surface area contributed by atoms with Crippen LogP contribution in [0, 0.1) is 0 Å². The highest BCUT2D eigenvalue weighted by Crippen LogP contribution is 2.37. The zero-order valence-electron chi connectivity index (χ0n) is 13.2. The van der Waals surface area contributed by atoms with Gasteiger partial charge in [-0.1, -0.05) is 59.8 Å². The quantitative estimate of drug-likeness (QED) is 0.593. The Hall–Kier alpha value is -2.35. The molecule has 132 valence electrons. The summed E-state index contributed by atoms with van der Waals surface area (Å²) in [5.74, 6) is -0.967. The van der Waals surface area contributed by atoms with Gasteiger partial charge in [-0.2, -0.15) is 0 Å². The average Bonchev–Trinajstić information content (AvgIpc) is 2.87. The molecule has 0 atom stereocenters. The highest BCUT2D eigenvalue weighted by atomic mass is 35.5. The van der Waals surface area contributed by atoms with Gasteiger partial charge in [0, 0.05) is 10.6 Å². The van der Waals surface area contributed by atoms with Gasteiger partial charge in [0.05, 0.1) is 10.6 Å². The molecule has 1 saturated heterocycles. The number of thiocarbonyl (C=S) groups is 1. The molecule has 0 unspecified atom stereocenters. The first kappa shape index (κ1) is 18.4. The minimum atomic E-state index is -1.08. The molecular formula is C18H12ClNO4S2. The highest BCUT2D eigenvalue weighted by molar-refractivity contribution is 8.27. The fourth-order valence-electron chi connectivity index (χ4n) is 2.32. The van der Waals surface area contributed by atoms with Gasteiger partial charge >= 0.3 is 5.97 Å². The van der Waals surface area contributed by atoms with E-state index in [1.165, 1.54) is 4.90 Å². The smallest absolute Gasteiger partial charge is 0.341 e. The van der Waals surface area contributed by atoms with E-state index in [0.717, 1.165) is 11.8 Å². The third-order valence-electron chi connectivity index (χ3n) is 3.42. The Labute approximate surface area is 164 Å². The molecule has 0 radical (unpaired) electrons. The van der Waals surface area contributed by atoms with Crippen molar-refractivity contribution in [2.75, 3.05) is 11.5 Å². The number of carbonyl (C=O) groups is 2. The van der Waals surface area contributed by atoms with Crippen LogP contribution in [-0.4, -0.2) is 27.9 Å². The van der Waals surface area contributed by atoms with Crippen molar-refractivity contribution >= 4 is 63.5 Å². The summed E-state index contributed by atoms with van der Waals surface area (Å²) in [6, 6.07) is 13.8. The number of para-hydroxylation sites is 1. The average molecular weight is 406 g/mol. The van der Waals surface area contributed by atoms with Gasteiger partial charge in [0.2, 0.25) is 0 Å². The predicted molar refractivity (Wildman–Crippen MR) is 107 cm³/mol. The Morgan fingerprint density at radius 2 is 2.04 bits per heavy atom. The van der Waals surface area contributed by atoms with E-state index < -0.39 is 12.6 Å². The Morgan fingerprint density at radius 1 is 1.27 bits per heavy atom. The minimum absolute atomic E-state index is 0.268. The van der Waals surface area contributed by atoms with Crippen LogP contribution in [0.5, 0.6) is 5.75 Å². The van der Waals surface area contributed by atoms with Crippen molar-refractivity contribution in [2.45, 2.75) is 0 Å². The van der Waals surface area contributed by atoms with Gasteiger partial charge < -0.3 is 9.84 Å². The molecule has 0 aromatic heterocycles. The summed E-state index contributed by atoms with van der Waals surface area (Å²) < 4.78 is 5.67. The van der Waals surface area contributed by atoms with Gasteiger partial charge in [0.1, 0.15) is 5.75 Å². The minimum Gasteiger partial charge on any atom is -0.481 e. The molecule has 1 heterocycles. The number of nitrogens with zero attached hydrogens (tertiary/aromatic N) is 1. The molecular weight excluding hydrogens is 394 g/mol. The van der Waals surface area contributed by atoms with Gasteiger partial charge in [-0.25, -0.2) is 4.79 Å². The van der Waals surface area contributed by atoms with Gasteiger partial charge in [-0.15, -0.1) is 0 Å². The lowest BCUT2D eigenvalue weighted by molar-refractivity contribution is -0.139. The number of thioether (sulfide) groups is 1. The second-order valence-corrected chi connectivity index (χ2v) is 7.33. The van der Waals surface area contributed by atoms with Crippen molar-refractivity contribution in [3.05, 3.63) is 64.0 Å². The molecule has 2 aromatic carbocycles. The number of aliphatic carboxylic acids is 1. The molecule has 1 fully saturated rings. The number of carbonyl (C=O) groups excluding carboxylic acids is 1. The number of carboxylic acid groups (broad SMARTS) is 1. The molecule has 1 N–H and O–H groups in total. The predicted octanol–water partition coefficient (Wildman–Crippen LogP) is 4.21. The Morgan fingerprint density at radius 3 is 2.77 bits per heavy atom. The van der Waals surface area contributed by atoms with Crippen LogP contribution in [-0.2, 0) is 9.59 Å². The van der Waals surface area contributed by atoms with Gasteiger partial charge in [-0.05, 0) is 30.3 Å². The van der Waals surface area contributed by atoms with Crippen LogP contribution in [0.15, 0.2) is 53.4 Å². The molecule has 5 nitrogen and oxygen atoms in total. The largest absolute Gasteiger partial charge is 0.481 e. The molecule has 8 heteroatoms. The Kier molecular flexibility index (Phi) is 5.61. The summed E-state index contributed by atoms with van der Waals surface area (Å²) in [4.78, 5) is 25.3. The SMILES string of the molecule is O=C(O)COc1ccccc1/C=C1/SC(=S)N(c2cccc(Cl)c2)C1=O. The van der Waals surface area contributed by atoms with E-state index in [9.17, 15) is 9.59 Å². The lowest BCUT2D eigenvalue weighted by Crippen LogP contribution is -2.27. The standard InChI is InChI=1S/C18H12ClNO4S2/c19-12-5-3-6-13(9-12)20-17(23)15(26-18(20)25)8-11-4-1-2-7-14(11)24-10-16(21)22/h1-9H,10H2,(H,21,22)/b15-8+. The van der Waals surface area contributed by atoms with Crippen LogP contribution < -0.4 is 9.64 Å². The zero-order valence-corrected chi connectivity index (χ0v) is 15.6. The summed E-state index contributed by atoms with van der Waals surface area (Å²) in [6.07, 6.45) is 1.64. The Balaban J connectivity index is 1.90. The maximum Gasteiger partial charge on any atom is 0.341 e. The van der Waals surface area contributed by atoms with Crippen LogP contribution in [0.25, 0.3) is 6.08 Å². The van der Waals surface area contributed by atoms with Crippen LogP contribution in [0.1, 0.15) is 5.56 Å². The summed E-state index contributed by atoms with van der Waals surface area (Å²) in [7, 11) is 0. The molecule has 0 spiro atoms. The second kappa shape index (κ2) is 7.90. The number of anilines is 1. The van der Waals surface area contributed by atoms with Gasteiger partial charge in [0.25, 0.3) is 5.91 Å². The third-order valence-corrected chi connectivity index (χ3v) is 4.95. The van der Waals surface area contributed by atoms with E-state index in [0.29, 0.717) is 31.2 Å². The van der Waals surface area contributed by atoms with Crippen molar-refractivity contribution in [1.29, 1.82) is 0 Å². The van der Waals surface area contributed by atoms with E-state index in [1.807, 2.05) is 0 Å². The molecule has 1 amide bonds. The summed E-state index contributed by atoms with van der Waals surface area (Å²) in [5.41, 5.74) is 1.19. The molecule has 0 saturated carbocycles. The number of ether oxygens (including phenoxy) is 1. The van der Waals surface area contributed by atoms with Crippen molar-refractivity contribution in [3.8, 4) is 5.75 Å². The van der Waals surface area contributed by atoms with E-state index in [4.69, 9.17) is 33.7 Å². The van der Waals surface area contributed by atoms with Crippen LogP contribution >= 0.6 is 35.6 Å². The summed E-state index contributed by atoms with van der Waals surface area (Å²) in [5, 5.41) is 9.28. The number of amides is 1. The molecule has 0 bridgehead atoms. The fourth-order valence-corrected chi connectivity index (χ4v) is 3.79. The lowest BCUT2D eigenvalue weighted by atomic mass is 10.2. The molecule has 1 aliphatic heterocycles. The lowest BCUT2D eigenvalue weighted by Gasteiger charge is -2.14. The first-order valence-corrected chi connectivity index (χ1v) is 9.03. The second-order valence-electron chi connectivity index (χ2n) is 5.22. The molecule has 26 heavy (non-hydrogen) atoms. The Bertz CT molecular complexity index is 929. The monoisotopic (exact) mass is 405 g/mol. The summed E-state index contributed by atoms with van der Waals surface area (Å²) in [6.45, 7) is -0.464. The van der Waals surface area contributed by atoms with E-state index in [2.05, 4.69) is 0 Å². The van der Waals surface area contributed by atoms with Crippen LogP contribution in [0.2, 0.25) is 5.02 Å². The van der Waals surface area contributed by atoms with Crippen LogP contribution in [0.3, 0.4) is 0 Å². The number of rotatable bonds is 5. The van der Waals surface area contributed by atoms with E-state index in [-0.39, 0.29) is 5.91 Å². The zero-order chi connectivity index (χ0) is 18.7. The first-order chi connectivity index (χ1) is 12.5. The molecule has 3 rings (SSSR count). The normalized spacial score (nSPS) is 15.6. The first-order valence-electron chi connectivity index (χ1n) is 7.43. The highest BCUT2D eigenvalue weighted by Gasteiger charge is 2.33. The fraction of sp³-hybridized carbons (Fsp3) is 0.0556. The number of hydrogen-bond donors (Lipinski definition) is 1. The van der Waals surface area contributed by atoms with Gasteiger partial charge in [-0.3, -0.25) is 9.69 Å². The maximum atomic E-state index is 12.8. The van der Waals surface area contributed by atoms with Gasteiger partial charge in [0.15, 0.2) is 10.9 Å². The van der Waals surface area contributed by atoms with Crippen molar-refractivity contribution in [1.82, 2.24) is 0 Å². The van der Waals surface area contributed by atoms with E-state index >= 15 is 0 Å². The number of carboxylic acids is 1. The molecule has 0 aliphatic carbocycles. The number of benzene rings is 2. The van der Waals surface area contributed by atoms with Crippen molar-refractivity contribution in [2.24, 2.45) is 0 Å². The van der Waals surface area contributed by atoms with Crippen LogP contribution in [0.4, 0.5) is 5.69 Å². The van der Waals surface area contributed by atoms with Crippen molar-refractivity contribution in [3.63, 3.8) is 0 Å². The number of hydrogen-bond acceptors (Lipinski definition) is 5.